The molecule has 0 aromatic carbocycles. The SMILES string of the molecule is C=CCNCc1nc(CCOCC)no1. The molecule has 84 valence electrons. The summed E-state index contributed by atoms with van der Waals surface area (Å²) in [5.74, 6) is 1.29. The average molecular weight is 211 g/mol. The van der Waals surface area contributed by atoms with E-state index in [9.17, 15) is 0 Å². The maximum Gasteiger partial charge on any atom is 0.240 e. The van der Waals surface area contributed by atoms with Gasteiger partial charge in [-0.1, -0.05) is 11.2 Å². The van der Waals surface area contributed by atoms with Crippen molar-refractivity contribution in [1.82, 2.24) is 15.5 Å². The van der Waals surface area contributed by atoms with Crippen molar-refractivity contribution in [2.75, 3.05) is 19.8 Å². The number of hydrogen-bond acceptors (Lipinski definition) is 5. The molecular formula is C10H17N3O2. The van der Waals surface area contributed by atoms with E-state index in [4.69, 9.17) is 9.26 Å². The van der Waals surface area contributed by atoms with Gasteiger partial charge in [0.1, 0.15) is 0 Å². The first-order chi connectivity index (χ1) is 7.36. The second-order valence-electron chi connectivity index (χ2n) is 2.97. The van der Waals surface area contributed by atoms with E-state index in [0.29, 0.717) is 37.9 Å². The average Bonchev–Trinajstić information content (AvgIpc) is 2.67. The third-order valence-corrected chi connectivity index (χ3v) is 1.75. The Morgan fingerprint density at radius 3 is 3.20 bits per heavy atom. The summed E-state index contributed by atoms with van der Waals surface area (Å²) < 4.78 is 10.2. The Labute approximate surface area is 89.5 Å². The number of nitrogens with zero attached hydrogens (tertiary/aromatic N) is 2. The fourth-order valence-electron chi connectivity index (χ4n) is 1.05. The van der Waals surface area contributed by atoms with Gasteiger partial charge in [0.05, 0.1) is 13.2 Å². The predicted molar refractivity (Wildman–Crippen MR) is 56.4 cm³/mol. The highest BCUT2D eigenvalue weighted by molar-refractivity contribution is 4.86. The van der Waals surface area contributed by atoms with Crippen molar-refractivity contribution in [2.24, 2.45) is 0 Å². The molecule has 1 aromatic rings. The minimum Gasteiger partial charge on any atom is -0.381 e. The van der Waals surface area contributed by atoms with E-state index in [1.165, 1.54) is 0 Å². The van der Waals surface area contributed by atoms with Gasteiger partial charge in [-0.05, 0) is 6.92 Å². The molecule has 0 aliphatic carbocycles. The molecular weight excluding hydrogens is 194 g/mol. The summed E-state index contributed by atoms with van der Waals surface area (Å²) in [6.07, 6.45) is 2.48. The third kappa shape index (κ3) is 4.71. The molecule has 0 atom stereocenters. The standard InChI is InChI=1S/C10H17N3O2/c1-3-6-11-8-10-12-9(13-15-10)5-7-14-4-2/h3,11H,1,4-8H2,2H3. The third-order valence-electron chi connectivity index (χ3n) is 1.75. The molecule has 0 saturated carbocycles. The van der Waals surface area contributed by atoms with Crippen molar-refractivity contribution in [3.05, 3.63) is 24.4 Å². The molecule has 1 aromatic heterocycles. The largest absolute Gasteiger partial charge is 0.381 e. The molecule has 0 fully saturated rings. The second-order valence-corrected chi connectivity index (χ2v) is 2.97. The van der Waals surface area contributed by atoms with Crippen molar-refractivity contribution >= 4 is 0 Å². The highest BCUT2D eigenvalue weighted by Gasteiger charge is 2.04. The number of nitrogens with one attached hydrogen (secondary N) is 1. The molecule has 5 nitrogen and oxygen atoms in total. The van der Waals surface area contributed by atoms with Crippen LogP contribution in [0.1, 0.15) is 18.6 Å². The van der Waals surface area contributed by atoms with Gasteiger partial charge in [-0.3, -0.25) is 0 Å². The van der Waals surface area contributed by atoms with Gasteiger partial charge in [-0.25, -0.2) is 0 Å². The van der Waals surface area contributed by atoms with Gasteiger partial charge in [0.15, 0.2) is 5.82 Å². The summed E-state index contributed by atoms with van der Waals surface area (Å²) in [6, 6.07) is 0. The van der Waals surface area contributed by atoms with Crippen LogP contribution in [0.3, 0.4) is 0 Å². The fourth-order valence-corrected chi connectivity index (χ4v) is 1.05. The van der Waals surface area contributed by atoms with Gasteiger partial charge in [0, 0.05) is 19.6 Å². The molecule has 1 rings (SSSR count). The lowest BCUT2D eigenvalue weighted by molar-refractivity contribution is 0.149. The molecule has 0 bridgehead atoms. The molecule has 0 aliphatic heterocycles. The van der Waals surface area contributed by atoms with Gasteiger partial charge in [0.25, 0.3) is 0 Å². The van der Waals surface area contributed by atoms with Gasteiger partial charge >= 0.3 is 0 Å². The molecule has 0 radical (unpaired) electrons. The first-order valence-corrected chi connectivity index (χ1v) is 5.07. The smallest absolute Gasteiger partial charge is 0.240 e. The first kappa shape index (κ1) is 11.9. The summed E-state index contributed by atoms with van der Waals surface area (Å²) >= 11 is 0. The van der Waals surface area contributed by atoms with E-state index in [1.54, 1.807) is 6.08 Å². The maximum atomic E-state index is 5.19. The van der Waals surface area contributed by atoms with Crippen molar-refractivity contribution in [3.63, 3.8) is 0 Å². The topological polar surface area (TPSA) is 60.2 Å². The Morgan fingerprint density at radius 2 is 2.47 bits per heavy atom. The Morgan fingerprint density at radius 1 is 1.60 bits per heavy atom. The van der Waals surface area contributed by atoms with Crippen molar-refractivity contribution in [1.29, 1.82) is 0 Å². The Balaban J connectivity index is 2.25. The van der Waals surface area contributed by atoms with Crippen LogP contribution in [0, 0.1) is 0 Å². The summed E-state index contributed by atoms with van der Waals surface area (Å²) in [5.41, 5.74) is 0. The zero-order valence-electron chi connectivity index (χ0n) is 9.03. The molecule has 1 heterocycles. The van der Waals surface area contributed by atoms with E-state index in [0.717, 1.165) is 6.54 Å². The van der Waals surface area contributed by atoms with E-state index in [1.807, 2.05) is 6.92 Å². The van der Waals surface area contributed by atoms with Crippen LogP contribution in [0.2, 0.25) is 0 Å². The molecule has 5 heteroatoms. The summed E-state index contributed by atoms with van der Waals surface area (Å²) in [5, 5.41) is 6.92. The summed E-state index contributed by atoms with van der Waals surface area (Å²) in [6.45, 7) is 8.22. The van der Waals surface area contributed by atoms with Gasteiger partial charge in [-0.15, -0.1) is 6.58 Å². The van der Waals surface area contributed by atoms with Gasteiger partial charge in [0.2, 0.25) is 5.89 Å². The van der Waals surface area contributed by atoms with Crippen molar-refractivity contribution in [2.45, 2.75) is 19.9 Å². The highest BCUT2D eigenvalue weighted by Crippen LogP contribution is 1.98. The molecule has 1 N–H and O–H groups in total. The normalized spacial score (nSPS) is 10.5. The Kier molecular flexibility index (Phi) is 5.65. The first-order valence-electron chi connectivity index (χ1n) is 5.07. The van der Waals surface area contributed by atoms with Crippen LogP contribution in [-0.4, -0.2) is 29.9 Å². The molecule has 0 aliphatic rings. The van der Waals surface area contributed by atoms with Crippen LogP contribution in [0.25, 0.3) is 0 Å². The van der Waals surface area contributed by atoms with Crippen LogP contribution in [0.15, 0.2) is 17.2 Å². The van der Waals surface area contributed by atoms with Gasteiger partial charge < -0.3 is 14.6 Å². The van der Waals surface area contributed by atoms with E-state index in [2.05, 4.69) is 22.0 Å². The van der Waals surface area contributed by atoms with Crippen LogP contribution >= 0.6 is 0 Å². The van der Waals surface area contributed by atoms with E-state index < -0.39 is 0 Å². The number of aromatic nitrogens is 2. The van der Waals surface area contributed by atoms with Crippen LogP contribution in [0.5, 0.6) is 0 Å². The fraction of sp³-hybridized carbons (Fsp3) is 0.600. The summed E-state index contributed by atoms with van der Waals surface area (Å²) in [7, 11) is 0. The lowest BCUT2D eigenvalue weighted by atomic mass is 10.4. The number of rotatable bonds is 8. The number of ether oxygens (including phenoxy) is 1. The van der Waals surface area contributed by atoms with Crippen molar-refractivity contribution in [3.8, 4) is 0 Å². The lowest BCUT2D eigenvalue weighted by Gasteiger charge is -1.95. The summed E-state index contributed by atoms with van der Waals surface area (Å²) in [4.78, 5) is 4.20. The van der Waals surface area contributed by atoms with Crippen LogP contribution in [0.4, 0.5) is 0 Å². The molecule has 0 amide bonds. The zero-order chi connectivity index (χ0) is 10.9. The maximum absolute atomic E-state index is 5.19. The monoisotopic (exact) mass is 211 g/mol. The van der Waals surface area contributed by atoms with Gasteiger partial charge in [-0.2, -0.15) is 4.98 Å². The molecule has 0 unspecified atom stereocenters. The Bertz CT molecular complexity index is 286. The molecule has 0 spiro atoms. The zero-order valence-corrected chi connectivity index (χ0v) is 9.03. The Hall–Kier alpha value is -1.20. The van der Waals surface area contributed by atoms with Crippen molar-refractivity contribution < 1.29 is 9.26 Å². The molecule has 0 saturated heterocycles. The number of hydrogen-bond donors (Lipinski definition) is 1. The quantitative estimate of drug-likeness (QED) is 0.512. The molecule has 15 heavy (non-hydrogen) atoms. The second kappa shape index (κ2) is 7.14. The lowest BCUT2D eigenvalue weighted by Crippen LogP contribution is -2.12. The minimum absolute atomic E-state index is 0.577. The van der Waals surface area contributed by atoms with Crippen LogP contribution in [-0.2, 0) is 17.7 Å². The van der Waals surface area contributed by atoms with E-state index >= 15 is 0 Å². The van der Waals surface area contributed by atoms with E-state index in [-0.39, 0.29) is 0 Å². The minimum atomic E-state index is 0.577. The predicted octanol–water partition coefficient (Wildman–Crippen LogP) is 0.924. The highest BCUT2D eigenvalue weighted by atomic mass is 16.5. The van der Waals surface area contributed by atoms with Crippen LogP contribution < -0.4 is 5.32 Å².